The summed E-state index contributed by atoms with van der Waals surface area (Å²) in [6, 6.07) is 18.8. The zero-order valence-electron chi connectivity index (χ0n) is 11.7. The van der Waals surface area contributed by atoms with Gasteiger partial charge in [0.15, 0.2) is 5.82 Å². The first kappa shape index (κ1) is 13.7. The number of ether oxygens (including phenoxy) is 1. The number of hydrogen-bond acceptors (Lipinski definition) is 6. The topological polar surface area (TPSA) is 99.1 Å². The van der Waals surface area contributed by atoms with Gasteiger partial charge in [0.25, 0.3) is 0 Å². The molecule has 5 N–H and O–H groups in total. The summed E-state index contributed by atoms with van der Waals surface area (Å²) in [4.78, 5) is 8.17. The lowest BCUT2D eigenvalue weighted by Gasteiger charge is -2.12. The number of aromatic nitrogens is 2. The highest BCUT2D eigenvalue weighted by atomic mass is 16.5. The van der Waals surface area contributed by atoms with E-state index in [9.17, 15) is 0 Å². The van der Waals surface area contributed by atoms with Crippen LogP contribution < -0.4 is 21.5 Å². The van der Waals surface area contributed by atoms with Crippen molar-refractivity contribution < 1.29 is 4.74 Å². The fraction of sp³-hybridized carbons (Fsp3) is 0. The van der Waals surface area contributed by atoms with E-state index < -0.39 is 0 Å². The lowest BCUT2D eigenvalue weighted by atomic mass is 10.3. The molecule has 3 rings (SSSR count). The minimum absolute atomic E-state index is 0.0820. The number of hydrogen-bond donors (Lipinski definition) is 3. The van der Waals surface area contributed by atoms with Gasteiger partial charge in [-0.3, -0.25) is 0 Å². The molecule has 6 nitrogen and oxygen atoms in total. The van der Waals surface area contributed by atoms with Crippen LogP contribution in [0, 0.1) is 0 Å². The minimum Gasteiger partial charge on any atom is -0.437 e. The molecule has 0 spiro atoms. The molecule has 0 saturated heterocycles. The fourth-order valence-corrected chi connectivity index (χ4v) is 1.90. The Bertz CT molecular complexity index is 699. The highest BCUT2D eigenvalue weighted by Crippen LogP contribution is 2.32. The molecule has 0 saturated carbocycles. The Labute approximate surface area is 127 Å². The van der Waals surface area contributed by atoms with E-state index >= 15 is 0 Å². The SMILES string of the molecule is Nc1nc(Nc2ccccc2)c(N)c(Oc2ccccc2)n1. The minimum atomic E-state index is 0.0820. The summed E-state index contributed by atoms with van der Waals surface area (Å²) in [5.41, 5.74) is 13.0. The van der Waals surface area contributed by atoms with Crippen LogP contribution in [0.2, 0.25) is 0 Å². The monoisotopic (exact) mass is 293 g/mol. The fourth-order valence-electron chi connectivity index (χ4n) is 1.90. The number of rotatable bonds is 4. The first-order chi connectivity index (χ1) is 10.7. The Hall–Kier alpha value is -3.28. The van der Waals surface area contributed by atoms with E-state index in [2.05, 4.69) is 15.3 Å². The predicted molar refractivity (Wildman–Crippen MR) is 87.1 cm³/mol. The third-order valence-electron chi connectivity index (χ3n) is 2.92. The van der Waals surface area contributed by atoms with Crippen LogP contribution in [-0.2, 0) is 0 Å². The quantitative estimate of drug-likeness (QED) is 0.683. The average Bonchev–Trinajstić information content (AvgIpc) is 2.54. The highest BCUT2D eigenvalue weighted by Gasteiger charge is 2.13. The summed E-state index contributed by atoms with van der Waals surface area (Å²) < 4.78 is 5.67. The number of anilines is 4. The van der Waals surface area contributed by atoms with Crippen molar-refractivity contribution >= 4 is 23.1 Å². The maximum atomic E-state index is 6.08. The summed E-state index contributed by atoms with van der Waals surface area (Å²) in [7, 11) is 0. The molecule has 0 unspecified atom stereocenters. The summed E-state index contributed by atoms with van der Waals surface area (Å²) in [5, 5.41) is 3.10. The normalized spacial score (nSPS) is 10.2. The molecule has 0 amide bonds. The van der Waals surface area contributed by atoms with E-state index in [1.807, 2.05) is 60.7 Å². The van der Waals surface area contributed by atoms with Gasteiger partial charge in [-0.15, -0.1) is 0 Å². The van der Waals surface area contributed by atoms with E-state index in [1.54, 1.807) is 0 Å². The standard InChI is InChI=1S/C16H15N5O/c17-13-14(19-11-7-3-1-4-8-11)20-16(18)21-15(13)22-12-9-5-2-6-10-12/h1-10H,17H2,(H3,18,19,20,21). The highest BCUT2D eigenvalue weighted by molar-refractivity contribution is 5.73. The van der Waals surface area contributed by atoms with Gasteiger partial charge >= 0.3 is 0 Å². The van der Waals surface area contributed by atoms with Gasteiger partial charge in [0.1, 0.15) is 11.4 Å². The molecule has 0 fully saturated rings. The molecule has 1 heterocycles. The Morgan fingerprint density at radius 2 is 1.45 bits per heavy atom. The van der Waals surface area contributed by atoms with Crippen molar-refractivity contribution in [3.63, 3.8) is 0 Å². The van der Waals surface area contributed by atoms with Crippen molar-refractivity contribution in [2.75, 3.05) is 16.8 Å². The number of para-hydroxylation sites is 2. The molecule has 0 aliphatic carbocycles. The average molecular weight is 293 g/mol. The molecule has 6 heteroatoms. The molecule has 2 aromatic carbocycles. The van der Waals surface area contributed by atoms with Crippen LogP contribution in [0.3, 0.4) is 0 Å². The first-order valence-electron chi connectivity index (χ1n) is 6.70. The van der Waals surface area contributed by atoms with Crippen molar-refractivity contribution in [3.05, 3.63) is 60.7 Å². The number of nitrogens with one attached hydrogen (secondary N) is 1. The van der Waals surface area contributed by atoms with Crippen LogP contribution in [0.1, 0.15) is 0 Å². The van der Waals surface area contributed by atoms with Crippen molar-refractivity contribution in [1.82, 2.24) is 9.97 Å². The zero-order chi connectivity index (χ0) is 15.4. The van der Waals surface area contributed by atoms with Crippen molar-refractivity contribution in [2.45, 2.75) is 0 Å². The lowest BCUT2D eigenvalue weighted by molar-refractivity contribution is 0.465. The van der Waals surface area contributed by atoms with E-state index in [1.165, 1.54) is 0 Å². The van der Waals surface area contributed by atoms with Crippen LogP contribution in [0.25, 0.3) is 0 Å². The van der Waals surface area contributed by atoms with Crippen LogP contribution in [0.4, 0.5) is 23.1 Å². The van der Waals surface area contributed by atoms with Gasteiger partial charge in [-0.25, -0.2) is 0 Å². The van der Waals surface area contributed by atoms with Crippen LogP contribution in [0.15, 0.2) is 60.7 Å². The Balaban J connectivity index is 1.92. The van der Waals surface area contributed by atoms with Gasteiger partial charge in [-0.05, 0) is 24.3 Å². The van der Waals surface area contributed by atoms with Gasteiger partial charge in [-0.1, -0.05) is 36.4 Å². The predicted octanol–water partition coefficient (Wildman–Crippen LogP) is 3.18. The molecule has 0 aliphatic heterocycles. The molecular formula is C16H15N5O. The van der Waals surface area contributed by atoms with Gasteiger partial charge in [0.05, 0.1) is 0 Å². The van der Waals surface area contributed by atoms with E-state index in [4.69, 9.17) is 16.2 Å². The van der Waals surface area contributed by atoms with E-state index in [0.29, 0.717) is 17.3 Å². The van der Waals surface area contributed by atoms with Crippen LogP contribution in [0.5, 0.6) is 11.6 Å². The molecule has 22 heavy (non-hydrogen) atoms. The largest absolute Gasteiger partial charge is 0.437 e. The van der Waals surface area contributed by atoms with Gasteiger partial charge < -0.3 is 21.5 Å². The van der Waals surface area contributed by atoms with Crippen molar-refractivity contribution in [3.8, 4) is 11.6 Å². The molecule has 0 aliphatic rings. The van der Waals surface area contributed by atoms with E-state index in [-0.39, 0.29) is 11.8 Å². The Morgan fingerprint density at radius 3 is 2.14 bits per heavy atom. The van der Waals surface area contributed by atoms with Gasteiger partial charge in [0.2, 0.25) is 11.8 Å². The smallest absolute Gasteiger partial charge is 0.249 e. The third kappa shape index (κ3) is 3.06. The van der Waals surface area contributed by atoms with Crippen molar-refractivity contribution in [1.29, 1.82) is 0 Å². The second kappa shape index (κ2) is 6.01. The maximum absolute atomic E-state index is 6.08. The second-order valence-electron chi connectivity index (χ2n) is 4.56. The number of nitrogens with two attached hydrogens (primary N) is 2. The number of nitrogens with zero attached hydrogens (tertiary/aromatic N) is 2. The summed E-state index contributed by atoms with van der Waals surface area (Å²) in [5.74, 6) is 1.33. The number of nitrogen functional groups attached to an aromatic ring is 2. The van der Waals surface area contributed by atoms with Gasteiger partial charge in [-0.2, -0.15) is 9.97 Å². The van der Waals surface area contributed by atoms with Crippen molar-refractivity contribution in [2.24, 2.45) is 0 Å². The molecule has 3 aromatic rings. The molecule has 0 radical (unpaired) electrons. The molecular weight excluding hydrogens is 278 g/mol. The molecule has 1 aromatic heterocycles. The maximum Gasteiger partial charge on any atom is 0.249 e. The van der Waals surface area contributed by atoms with Crippen LogP contribution >= 0.6 is 0 Å². The number of benzene rings is 2. The molecule has 0 atom stereocenters. The summed E-state index contributed by atoms with van der Waals surface area (Å²) in [6.07, 6.45) is 0. The zero-order valence-corrected chi connectivity index (χ0v) is 11.7. The Morgan fingerprint density at radius 1 is 0.818 bits per heavy atom. The van der Waals surface area contributed by atoms with Gasteiger partial charge in [0, 0.05) is 5.69 Å². The third-order valence-corrected chi connectivity index (χ3v) is 2.92. The molecule has 110 valence electrons. The lowest BCUT2D eigenvalue weighted by Crippen LogP contribution is -2.06. The second-order valence-corrected chi connectivity index (χ2v) is 4.56. The van der Waals surface area contributed by atoms with Crippen LogP contribution in [-0.4, -0.2) is 9.97 Å². The van der Waals surface area contributed by atoms with E-state index in [0.717, 1.165) is 5.69 Å². The summed E-state index contributed by atoms with van der Waals surface area (Å²) >= 11 is 0. The molecule has 0 bridgehead atoms. The summed E-state index contributed by atoms with van der Waals surface area (Å²) in [6.45, 7) is 0. The Kier molecular flexibility index (Phi) is 3.74. The first-order valence-corrected chi connectivity index (χ1v) is 6.70.